The molecule has 1 N–H and O–H groups in total. The highest BCUT2D eigenvalue weighted by molar-refractivity contribution is 6.74. The number of nitrogens with one attached hydrogen (secondary N) is 1. The Hall–Kier alpha value is -2.98. The van der Waals surface area contributed by atoms with Crippen molar-refractivity contribution in [1.82, 2.24) is 19.5 Å². The summed E-state index contributed by atoms with van der Waals surface area (Å²) in [5.74, 6) is 1.53. The Bertz CT molecular complexity index is 1520. The summed E-state index contributed by atoms with van der Waals surface area (Å²) in [5, 5.41) is 4.74. The topological polar surface area (TPSA) is 91.2 Å². The van der Waals surface area contributed by atoms with Gasteiger partial charge in [0.1, 0.15) is 17.2 Å². The van der Waals surface area contributed by atoms with Crippen LogP contribution in [0.5, 0.6) is 5.75 Å². The second-order valence-corrected chi connectivity index (χ2v) is 16.4. The number of hydrogen-bond acceptors (Lipinski definition) is 7. The molecule has 4 aromatic rings. The summed E-state index contributed by atoms with van der Waals surface area (Å²) in [4.78, 5) is 26.5. The maximum atomic E-state index is 13.1. The van der Waals surface area contributed by atoms with Crippen LogP contribution in [0.4, 0.5) is 11.8 Å². The first-order valence-electron chi connectivity index (χ1n) is 12.7. The van der Waals surface area contributed by atoms with E-state index in [0.29, 0.717) is 62.9 Å². The van der Waals surface area contributed by atoms with Gasteiger partial charge in [0.2, 0.25) is 5.95 Å². The van der Waals surface area contributed by atoms with Gasteiger partial charge in [0.05, 0.1) is 28.4 Å². The van der Waals surface area contributed by atoms with Gasteiger partial charge in [-0.1, -0.05) is 50.0 Å². The molecule has 0 fully saturated rings. The lowest BCUT2D eigenvalue weighted by Gasteiger charge is -2.36. The molecular formula is C28H33Cl2N5O3Si. The van der Waals surface area contributed by atoms with Crippen molar-refractivity contribution in [2.75, 3.05) is 18.5 Å². The van der Waals surface area contributed by atoms with Crippen molar-refractivity contribution in [3.8, 4) is 16.9 Å². The average molecular weight is 587 g/mol. The van der Waals surface area contributed by atoms with Crippen LogP contribution in [0.25, 0.3) is 22.2 Å². The van der Waals surface area contributed by atoms with Gasteiger partial charge in [0.25, 0.3) is 5.56 Å². The second-order valence-electron chi connectivity index (χ2n) is 10.8. The van der Waals surface area contributed by atoms with E-state index in [-0.39, 0.29) is 10.6 Å². The summed E-state index contributed by atoms with van der Waals surface area (Å²) in [6.07, 6.45) is 4.09. The van der Waals surface area contributed by atoms with Gasteiger partial charge in [-0.2, -0.15) is 4.98 Å². The van der Waals surface area contributed by atoms with Crippen LogP contribution in [0, 0.1) is 0 Å². The molecule has 0 aliphatic heterocycles. The third-order valence-electron chi connectivity index (χ3n) is 6.98. The van der Waals surface area contributed by atoms with E-state index in [1.165, 1.54) is 4.57 Å². The number of fused-ring (bicyclic) bond motifs is 1. The molecule has 3 heterocycles. The van der Waals surface area contributed by atoms with Crippen LogP contribution >= 0.6 is 23.2 Å². The van der Waals surface area contributed by atoms with Crippen molar-refractivity contribution in [2.24, 2.45) is 7.05 Å². The number of nitrogens with zero attached hydrogens (tertiary/aromatic N) is 4. The molecule has 0 saturated carbocycles. The standard InChI is InChI=1S/C28H33Cl2N5O3Si/c1-28(2,3)39(5,6)38-14-8-13-37-19-11-12-23(31-17-19)33-27-32-16-18-15-20(26(36)35(4)25(18)34-27)24-21(29)9-7-10-22(24)30/h7,9-12,15-17H,8,13-14H2,1-6H3,(H,31,32,33,34). The molecule has 3 aromatic heterocycles. The fourth-order valence-corrected chi connectivity index (χ4v) is 5.38. The predicted molar refractivity (Wildman–Crippen MR) is 161 cm³/mol. The van der Waals surface area contributed by atoms with Gasteiger partial charge in [-0.05, 0) is 48.5 Å². The Morgan fingerprint density at radius 1 is 1.03 bits per heavy atom. The van der Waals surface area contributed by atoms with Crippen molar-refractivity contribution >= 4 is 54.3 Å². The number of aromatic nitrogens is 4. The van der Waals surface area contributed by atoms with Gasteiger partial charge in [0.15, 0.2) is 8.32 Å². The summed E-state index contributed by atoms with van der Waals surface area (Å²) in [6.45, 7) is 12.4. The number of anilines is 2. The van der Waals surface area contributed by atoms with Crippen molar-refractivity contribution in [1.29, 1.82) is 0 Å². The number of aryl methyl sites for hydroxylation is 1. The monoisotopic (exact) mass is 585 g/mol. The van der Waals surface area contributed by atoms with E-state index in [1.54, 1.807) is 49.8 Å². The Morgan fingerprint density at radius 3 is 2.38 bits per heavy atom. The van der Waals surface area contributed by atoms with E-state index >= 15 is 0 Å². The number of pyridine rings is 2. The molecule has 0 spiro atoms. The minimum Gasteiger partial charge on any atom is -0.492 e. The average Bonchev–Trinajstić information content (AvgIpc) is 2.87. The number of hydrogen-bond donors (Lipinski definition) is 1. The maximum absolute atomic E-state index is 13.1. The van der Waals surface area contributed by atoms with E-state index in [2.05, 4.69) is 54.1 Å². The van der Waals surface area contributed by atoms with Gasteiger partial charge in [-0.3, -0.25) is 9.36 Å². The molecule has 0 aliphatic rings. The molecule has 0 aliphatic carbocycles. The zero-order chi connectivity index (χ0) is 28.4. The first-order chi connectivity index (χ1) is 18.4. The molecule has 8 nitrogen and oxygen atoms in total. The van der Waals surface area contributed by atoms with Crippen LogP contribution in [0.15, 0.2) is 53.6 Å². The van der Waals surface area contributed by atoms with Crippen LogP contribution in [0.3, 0.4) is 0 Å². The second kappa shape index (κ2) is 11.6. The van der Waals surface area contributed by atoms with Gasteiger partial charge < -0.3 is 14.5 Å². The fourth-order valence-electron chi connectivity index (χ4n) is 3.69. The molecule has 39 heavy (non-hydrogen) atoms. The van der Waals surface area contributed by atoms with E-state index in [0.717, 1.165) is 6.42 Å². The molecule has 11 heteroatoms. The highest BCUT2D eigenvalue weighted by atomic mass is 35.5. The van der Waals surface area contributed by atoms with Gasteiger partial charge in [0, 0.05) is 37.2 Å². The van der Waals surface area contributed by atoms with Crippen molar-refractivity contribution in [3.63, 3.8) is 0 Å². The van der Waals surface area contributed by atoms with Crippen LogP contribution in [-0.2, 0) is 11.5 Å². The van der Waals surface area contributed by atoms with Crippen LogP contribution in [0.2, 0.25) is 28.2 Å². The van der Waals surface area contributed by atoms with Crippen LogP contribution in [-0.4, -0.2) is 41.1 Å². The van der Waals surface area contributed by atoms with E-state index in [4.69, 9.17) is 32.4 Å². The molecule has 0 radical (unpaired) electrons. The minimum atomic E-state index is -1.74. The summed E-state index contributed by atoms with van der Waals surface area (Å²) in [6, 6.07) is 10.5. The van der Waals surface area contributed by atoms with Crippen molar-refractivity contribution in [2.45, 2.75) is 45.3 Å². The highest BCUT2D eigenvalue weighted by Crippen LogP contribution is 2.36. The van der Waals surface area contributed by atoms with E-state index in [1.807, 2.05) is 6.07 Å². The first kappa shape index (κ1) is 29.0. The molecule has 0 saturated heterocycles. The lowest BCUT2D eigenvalue weighted by Crippen LogP contribution is -2.41. The Labute approximate surface area is 239 Å². The third kappa shape index (κ3) is 6.61. The molecule has 0 bridgehead atoms. The lowest BCUT2D eigenvalue weighted by atomic mass is 10.1. The summed E-state index contributed by atoms with van der Waals surface area (Å²) < 4.78 is 13.5. The summed E-state index contributed by atoms with van der Waals surface area (Å²) in [7, 11) is -0.0934. The minimum absolute atomic E-state index is 0.192. The van der Waals surface area contributed by atoms with Gasteiger partial charge >= 0.3 is 0 Å². The van der Waals surface area contributed by atoms with Gasteiger partial charge in [-0.25, -0.2) is 9.97 Å². The zero-order valence-electron chi connectivity index (χ0n) is 23.0. The summed E-state index contributed by atoms with van der Waals surface area (Å²) in [5.41, 5.74) is 1.06. The highest BCUT2D eigenvalue weighted by Gasteiger charge is 2.36. The predicted octanol–water partition coefficient (Wildman–Crippen LogP) is 7.23. The zero-order valence-corrected chi connectivity index (χ0v) is 25.5. The largest absolute Gasteiger partial charge is 0.492 e. The lowest BCUT2D eigenvalue weighted by molar-refractivity contribution is 0.233. The third-order valence-corrected chi connectivity index (χ3v) is 12.2. The Balaban J connectivity index is 1.41. The molecule has 0 atom stereocenters. The Morgan fingerprint density at radius 2 is 1.74 bits per heavy atom. The smallest absolute Gasteiger partial charge is 0.259 e. The number of benzene rings is 1. The van der Waals surface area contributed by atoms with E-state index in [9.17, 15) is 4.79 Å². The molecule has 4 rings (SSSR count). The molecule has 0 amide bonds. The maximum Gasteiger partial charge on any atom is 0.259 e. The SMILES string of the molecule is Cn1c(=O)c(-c2c(Cl)cccc2Cl)cc2cnc(Nc3ccc(OCCCO[Si](C)(C)C(C)(C)C)cn3)nc21. The van der Waals surface area contributed by atoms with E-state index < -0.39 is 8.32 Å². The van der Waals surface area contributed by atoms with Gasteiger partial charge in [-0.15, -0.1) is 0 Å². The number of ether oxygens (including phenoxy) is 1. The summed E-state index contributed by atoms with van der Waals surface area (Å²) >= 11 is 12.7. The van der Waals surface area contributed by atoms with Crippen molar-refractivity contribution < 1.29 is 9.16 Å². The molecule has 206 valence electrons. The molecular weight excluding hydrogens is 553 g/mol. The first-order valence-corrected chi connectivity index (χ1v) is 16.3. The quantitative estimate of drug-likeness (QED) is 0.163. The van der Waals surface area contributed by atoms with Crippen LogP contribution < -0.4 is 15.6 Å². The fraction of sp³-hybridized carbons (Fsp3) is 0.357. The number of halogens is 2. The Kier molecular flexibility index (Phi) is 8.65. The molecule has 1 aromatic carbocycles. The number of rotatable bonds is 9. The normalized spacial score (nSPS) is 12.1. The van der Waals surface area contributed by atoms with Crippen molar-refractivity contribution in [3.05, 3.63) is 69.2 Å². The van der Waals surface area contributed by atoms with Crippen LogP contribution in [0.1, 0.15) is 27.2 Å². The molecule has 0 unspecified atom stereocenters.